The van der Waals surface area contributed by atoms with Crippen molar-refractivity contribution in [3.63, 3.8) is 0 Å². The molecule has 0 aromatic carbocycles. The average Bonchev–Trinajstić information content (AvgIpc) is 2.87. The number of nitrogens with one attached hydrogen (secondary N) is 1. The minimum absolute atomic E-state index is 0.552. The van der Waals surface area contributed by atoms with Crippen LogP contribution in [0.3, 0.4) is 0 Å². The Balaban J connectivity index is 1.72. The van der Waals surface area contributed by atoms with Crippen molar-refractivity contribution in [3.8, 4) is 0 Å². The summed E-state index contributed by atoms with van der Waals surface area (Å²) in [6.45, 7) is 0. The smallest absolute Gasteiger partial charge is 0.108 e. The molecule has 0 bridgehead atoms. The highest BCUT2D eigenvalue weighted by Crippen LogP contribution is 2.32. The van der Waals surface area contributed by atoms with Gasteiger partial charge in [0.15, 0.2) is 0 Å². The Hall–Kier alpha value is -0.410. The summed E-state index contributed by atoms with van der Waals surface area (Å²) in [7, 11) is 0. The molecule has 1 N–H and O–H groups in total. The van der Waals surface area contributed by atoms with E-state index in [1.165, 1.54) is 42.1 Å². The molecule has 3 heteroatoms. The van der Waals surface area contributed by atoms with Crippen LogP contribution in [0.4, 0.5) is 0 Å². The van der Waals surface area contributed by atoms with Gasteiger partial charge in [0.1, 0.15) is 5.76 Å². The van der Waals surface area contributed by atoms with Crippen molar-refractivity contribution in [2.24, 2.45) is 0 Å². The highest BCUT2D eigenvalue weighted by atomic mass is 32.2. The molecule has 3 rings (SSSR count). The Kier molecular flexibility index (Phi) is 2.76. The van der Waals surface area contributed by atoms with Crippen LogP contribution < -0.4 is 5.32 Å². The van der Waals surface area contributed by atoms with Crippen LogP contribution in [-0.4, -0.2) is 17.5 Å². The first kappa shape index (κ1) is 9.79. The van der Waals surface area contributed by atoms with Gasteiger partial charge >= 0.3 is 0 Å². The number of aryl methyl sites for hydroxylation is 1. The summed E-state index contributed by atoms with van der Waals surface area (Å²) in [4.78, 5) is 0. The van der Waals surface area contributed by atoms with E-state index in [1.807, 2.05) is 6.26 Å². The van der Waals surface area contributed by atoms with Crippen LogP contribution >= 0.6 is 11.8 Å². The van der Waals surface area contributed by atoms with Gasteiger partial charge in [-0.25, -0.2) is 0 Å². The van der Waals surface area contributed by atoms with Crippen molar-refractivity contribution in [3.05, 3.63) is 23.7 Å². The van der Waals surface area contributed by atoms with Gasteiger partial charge in [-0.15, -0.1) is 0 Å². The van der Waals surface area contributed by atoms with Crippen molar-refractivity contribution in [1.82, 2.24) is 5.32 Å². The number of rotatable bonds is 2. The van der Waals surface area contributed by atoms with Gasteiger partial charge in [-0.1, -0.05) is 0 Å². The fraction of sp³-hybridized carbons (Fsp3) is 0.667. The molecular formula is C12H17NOS. The van der Waals surface area contributed by atoms with Crippen molar-refractivity contribution >= 4 is 11.8 Å². The monoisotopic (exact) mass is 223 g/mol. The summed E-state index contributed by atoms with van der Waals surface area (Å²) in [6, 6.07) is 3.42. The molecule has 2 heterocycles. The third-order valence-electron chi connectivity index (χ3n) is 3.42. The third kappa shape index (κ3) is 1.95. The van der Waals surface area contributed by atoms with E-state index in [-0.39, 0.29) is 0 Å². The molecule has 15 heavy (non-hydrogen) atoms. The second kappa shape index (κ2) is 4.22. The third-order valence-corrected chi connectivity index (χ3v) is 4.58. The van der Waals surface area contributed by atoms with E-state index in [0.717, 1.165) is 12.5 Å². The van der Waals surface area contributed by atoms with Gasteiger partial charge in [0, 0.05) is 29.8 Å². The number of thioether (sulfide) groups is 1. The van der Waals surface area contributed by atoms with Crippen LogP contribution in [0.25, 0.3) is 0 Å². The van der Waals surface area contributed by atoms with Crippen LogP contribution in [0, 0.1) is 0 Å². The molecule has 1 aromatic rings. The predicted octanol–water partition coefficient (Wildman–Crippen LogP) is 2.75. The van der Waals surface area contributed by atoms with Crippen LogP contribution in [0.15, 0.2) is 16.7 Å². The lowest BCUT2D eigenvalue weighted by molar-refractivity contribution is 0.384. The molecule has 2 atom stereocenters. The minimum Gasteiger partial charge on any atom is -0.469 e. The van der Waals surface area contributed by atoms with Crippen LogP contribution in [-0.2, 0) is 6.42 Å². The number of furan rings is 1. The first-order valence-electron chi connectivity index (χ1n) is 5.83. The Bertz CT molecular complexity index is 330. The molecule has 2 nitrogen and oxygen atoms in total. The first-order valence-corrected chi connectivity index (χ1v) is 6.99. The molecule has 1 fully saturated rings. The topological polar surface area (TPSA) is 25.2 Å². The second-order valence-corrected chi connectivity index (χ2v) is 5.62. The standard InChI is InChI=1S/C12H17NOS/c1-2-11(13-9-5-7-15-8-9)10-4-6-14-12(10)3-1/h4,6,9,11,13H,1-3,5,7-8H2. The van der Waals surface area contributed by atoms with Gasteiger partial charge in [-0.05, 0) is 31.1 Å². The molecule has 82 valence electrons. The Morgan fingerprint density at radius 2 is 2.40 bits per heavy atom. The quantitative estimate of drug-likeness (QED) is 0.834. The van der Waals surface area contributed by atoms with E-state index in [1.54, 1.807) is 0 Å². The van der Waals surface area contributed by atoms with E-state index >= 15 is 0 Å². The Labute approximate surface area is 94.8 Å². The molecule has 0 spiro atoms. The van der Waals surface area contributed by atoms with Crippen molar-refractivity contribution in [1.29, 1.82) is 0 Å². The SMILES string of the molecule is c1cc2c(o1)CCCC2NC1CCSC1. The van der Waals surface area contributed by atoms with Crippen molar-refractivity contribution in [2.45, 2.75) is 37.8 Å². The molecule has 0 saturated carbocycles. The Morgan fingerprint density at radius 1 is 1.40 bits per heavy atom. The zero-order valence-corrected chi connectivity index (χ0v) is 9.69. The number of hydrogen-bond acceptors (Lipinski definition) is 3. The average molecular weight is 223 g/mol. The fourth-order valence-electron chi connectivity index (χ4n) is 2.61. The van der Waals surface area contributed by atoms with Gasteiger partial charge in [0.2, 0.25) is 0 Å². The Morgan fingerprint density at radius 3 is 3.27 bits per heavy atom. The second-order valence-electron chi connectivity index (χ2n) is 4.47. The maximum absolute atomic E-state index is 5.51. The fourth-order valence-corrected chi connectivity index (χ4v) is 3.78. The summed E-state index contributed by atoms with van der Waals surface area (Å²) >= 11 is 2.07. The van der Waals surface area contributed by atoms with E-state index in [9.17, 15) is 0 Å². The van der Waals surface area contributed by atoms with Gasteiger partial charge in [0.05, 0.1) is 6.26 Å². The molecule has 2 unspecified atom stereocenters. The number of hydrogen-bond donors (Lipinski definition) is 1. The largest absolute Gasteiger partial charge is 0.469 e. The van der Waals surface area contributed by atoms with E-state index < -0.39 is 0 Å². The zero-order valence-electron chi connectivity index (χ0n) is 8.87. The highest BCUT2D eigenvalue weighted by molar-refractivity contribution is 7.99. The number of fused-ring (bicyclic) bond motifs is 1. The molecule has 1 aliphatic heterocycles. The summed E-state index contributed by atoms with van der Waals surface area (Å²) in [5, 5.41) is 3.78. The maximum atomic E-state index is 5.51. The zero-order chi connectivity index (χ0) is 10.1. The van der Waals surface area contributed by atoms with E-state index in [0.29, 0.717) is 6.04 Å². The molecule has 2 aliphatic rings. The van der Waals surface area contributed by atoms with Crippen LogP contribution in [0.1, 0.15) is 36.6 Å². The molecule has 1 aromatic heterocycles. The summed E-state index contributed by atoms with van der Waals surface area (Å²) in [6.07, 6.45) is 6.83. The highest BCUT2D eigenvalue weighted by Gasteiger charge is 2.26. The van der Waals surface area contributed by atoms with Crippen molar-refractivity contribution < 1.29 is 4.42 Å². The van der Waals surface area contributed by atoms with Gasteiger partial charge in [0.25, 0.3) is 0 Å². The van der Waals surface area contributed by atoms with Gasteiger partial charge in [-0.3, -0.25) is 0 Å². The summed E-state index contributed by atoms with van der Waals surface area (Å²) in [5.41, 5.74) is 1.41. The van der Waals surface area contributed by atoms with E-state index in [2.05, 4.69) is 23.1 Å². The van der Waals surface area contributed by atoms with Crippen LogP contribution in [0.5, 0.6) is 0 Å². The molecule has 1 aliphatic carbocycles. The minimum atomic E-state index is 0.552. The van der Waals surface area contributed by atoms with E-state index in [4.69, 9.17) is 4.42 Å². The maximum Gasteiger partial charge on any atom is 0.108 e. The van der Waals surface area contributed by atoms with Crippen LogP contribution in [0.2, 0.25) is 0 Å². The lowest BCUT2D eigenvalue weighted by Crippen LogP contribution is -2.34. The predicted molar refractivity (Wildman–Crippen MR) is 63.3 cm³/mol. The lowest BCUT2D eigenvalue weighted by atomic mass is 9.93. The molecule has 1 saturated heterocycles. The first-order chi connectivity index (χ1) is 7.43. The molecule has 0 radical (unpaired) electrons. The van der Waals surface area contributed by atoms with Crippen molar-refractivity contribution in [2.75, 3.05) is 11.5 Å². The lowest BCUT2D eigenvalue weighted by Gasteiger charge is -2.25. The molecule has 0 amide bonds. The summed E-state index contributed by atoms with van der Waals surface area (Å²) < 4.78 is 5.51. The van der Waals surface area contributed by atoms with Gasteiger partial charge in [-0.2, -0.15) is 11.8 Å². The van der Waals surface area contributed by atoms with Gasteiger partial charge < -0.3 is 9.73 Å². The molecular weight excluding hydrogens is 206 g/mol. The normalized spacial score (nSPS) is 30.4. The summed E-state index contributed by atoms with van der Waals surface area (Å²) in [5.74, 6) is 3.82.